The van der Waals surface area contributed by atoms with Crippen molar-refractivity contribution >= 4 is 5.97 Å². The van der Waals surface area contributed by atoms with Gasteiger partial charge in [0.2, 0.25) is 0 Å². The third-order valence-corrected chi connectivity index (χ3v) is 6.31. The molecule has 3 unspecified atom stereocenters. The van der Waals surface area contributed by atoms with Gasteiger partial charge in [-0.1, -0.05) is 31.0 Å². The molecule has 0 amide bonds. The molecule has 3 aliphatic rings. The van der Waals surface area contributed by atoms with Gasteiger partial charge in [0.1, 0.15) is 11.9 Å². The summed E-state index contributed by atoms with van der Waals surface area (Å²) in [6.07, 6.45) is 7.24. The molecular formula is C20H27NO3. The molecule has 3 fully saturated rings. The highest BCUT2D eigenvalue weighted by atomic mass is 16.5. The average molecular weight is 329 g/mol. The monoisotopic (exact) mass is 329 g/mol. The van der Waals surface area contributed by atoms with Crippen LogP contribution in [0.3, 0.4) is 0 Å². The molecule has 0 spiro atoms. The molecule has 24 heavy (non-hydrogen) atoms. The van der Waals surface area contributed by atoms with Crippen LogP contribution in [0, 0.1) is 5.92 Å². The second-order valence-corrected chi connectivity index (χ2v) is 7.81. The molecule has 4 heteroatoms. The van der Waals surface area contributed by atoms with Crippen molar-refractivity contribution in [2.24, 2.45) is 5.92 Å². The minimum atomic E-state index is -0.203. The molecule has 1 aromatic rings. The highest BCUT2D eigenvalue weighted by molar-refractivity contribution is 5.74. The molecule has 4 rings (SSSR count). The Hall–Kier alpha value is -1.55. The van der Waals surface area contributed by atoms with Gasteiger partial charge >= 0.3 is 5.97 Å². The Bertz CT molecular complexity index is 623. The Kier molecular flexibility index (Phi) is 4.25. The molecule has 3 atom stereocenters. The van der Waals surface area contributed by atoms with Gasteiger partial charge < -0.3 is 9.84 Å². The van der Waals surface area contributed by atoms with Crippen LogP contribution in [0.4, 0.5) is 0 Å². The molecule has 130 valence electrons. The Morgan fingerprint density at radius 3 is 2.71 bits per heavy atom. The summed E-state index contributed by atoms with van der Waals surface area (Å²) in [4.78, 5) is 14.7. The number of benzene rings is 1. The van der Waals surface area contributed by atoms with E-state index in [4.69, 9.17) is 4.74 Å². The first-order valence-electron chi connectivity index (χ1n) is 9.34. The molecule has 1 aliphatic heterocycles. The Morgan fingerprint density at radius 2 is 2.04 bits per heavy atom. The number of carbonyl (C=O) groups is 1. The van der Waals surface area contributed by atoms with Gasteiger partial charge in [0, 0.05) is 24.1 Å². The second kappa shape index (κ2) is 6.40. The quantitative estimate of drug-likeness (QED) is 0.862. The number of para-hydroxylation sites is 1. The molecule has 2 aliphatic carbocycles. The molecule has 0 aromatic heterocycles. The van der Waals surface area contributed by atoms with Gasteiger partial charge in [-0.25, -0.2) is 0 Å². The molecule has 1 aromatic carbocycles. The van der Waals surface area contributed by atoms with Crippen molar-refractivity contribution in [2.45, 2.75) is 63.0 Å². The van der Waals surface area contributed by atoms with Crippen LogP contribution >= 0.6 is 0 Å². The lowest BCUT2D eigenvalue weighted by Gasteiger charge is -2.22. The zero-order valence-electron chi connectivity index (χ0n) is 14.4. The normalized spacial score (nSPS) is 30.1. The summed E-state index contributed by atoms with van der Waals surface area (Å²) in [5.41, 5.74) is 1.72. The van der Waals surface area contributed by atoms with E-state index in [2.05, 4.69) is 11.9 Å². The van der Waals surface area contributed by atoms with Crippen molar-refractivity contribution in [3.63, 3.8) is 0 Å². The van der Waals surface area contributed by atoms with Crippen LogP contribution in [-0.4, -0.2) is 41.7 Å². The number of likely N-dealkylation sites (tertiary alicyclic amines) is 1. The summed E-state index contributed by atoms with van der Waals surface area (Å²) in [5.74, 6) is 1.04. The second-order valence-electron chi connectivity index (χ2n) is 7.81. The zero-order valence-corrected chi connectivity index (χ0v) is 14.4. The standard InChI is InChI=1S/C20H27NO3/c1-21-12-15-9-10-17(21)20(15)24-18(22)11-14-7-4-8-16(19(14)23)13-5-2-3-6-13/h4,7-8,13,15,17,20,23H,2-3,5-6,9-12H2,1H3. The first-order valence-corrected chi connectivity index (χ1v) is 9.34. The fourth-order valence-electron chi connectivity index (χ4n) is 5.04. The maximum Gasteiger partial charge on any atom is 0.310 e. The van der Waals surface area contributed by atoms with Crippen LogP contribution in [0.15, 0.2) is 18.2 Å². The number of carbonyl (C=O) groups excluding carboxylic acids is 1. The summed E-state index contributed by atoms with van der Waals surface area (Å²) in [7, 11) is 2.11. The van der Waals surface area contributed by atoms with Crippen molar-refractivity contribution in [2.75, 3.05) is 13.6 Å². The number of phenolic OH excluding ortho intramolecular Hbond substituents is 1. The van der Waals surface area contributed by atoms with Gasteiger partial charge in [0.15, 0.2) is 0 Å². The first kappa shape index (κ1) is 15.9. The van der Waals surface area contributed by atoms with Crippen LogP contribution in [-0.2, 0) is 16.0 Å². The van der Waals surface area contributed by atoms with E-state index < -0.39 is 0 Å². The third kappa shape index (κ3) is 2.81. The number of aromatic hydroxyl groups is 1. The summed E-state index contributed by atoms with van der Waals surface area (Å²) in [5, 5.41) is 10.6. The van der Waals surface area contributed by atoms with Gasteiger partial charge in [0.25, 0.3) is 0 Å². The van der Waals surface area contributed by atoms with E-state index in [1.165, 1.54) is 12.8 Å². The van der Waals surface area contributed by atoms with Crippen molar-refractivity contribution in [1.82, 2.24) is 4.90 Å². The van der Waals surface area contributed by atoms with E-state index in [-0.39, 0.29) is 18.5 Å². The fourth-order valence-corrected chi connectivity index (χ4v) is 5.04. The fraction of sp³-hybridized carbons (Fsp3) is 0.650. The third-order valence-electron chi connectivity index (χ3n) is 6.31. The Labute approximate surface area is 143 Å². The highest BCUT2D eigenvalue weighted by Gasteiger charge is 2.47. The van der Waals surface area contributed by atoms with Crippen LogP contribution in [0.1, 0.15) is 55.6 Å². The number of piperidine rings is 1. The lowest BCUT2D eigenvalue weighted by Crippen LogP contribution is -2.33. The molecule has 2 saturated carbocycles. The minimum absolute atomic E-state index is 0.0441. The SMILES string of the molecule is CN1CC2CCC1C2OC(=O)Cc1cccc(C2CCCC2)c1O. The topological polar surface area (TPSA) is 49.8 Å². The molecule has 1 N–H and O–H groups in total. The maximum absolute atomic E-state index is 12.4. The molecule has 4 nitrogen and oxygen atoms in total. The minimum Gasteiger partial charge on any atom is -0.507 e. The number of rotatable bonds is 4. The summed E-state index contributed by atoms with van der Waals surface area (Å²) in [6.45, 7) is 1.03. The number of ether oxygens (including phenoxy) is 1. The Balaban J connectivity index is 1.43. The van der Waals surface area contributed by atoms with Crippen LogP contribution in [0.2, 0.25) is 0 Å². The summed E-state index contributed by atoms with van der Waals surface area (Å²) >= 11 is 0. The summed E-state index contributed by atoms with van der Waals surface area (Å²) in [6, 6.07) is 6.21. The van der Waals surface area contributed by atoms with E-state index in [0.29, 0.717) is 29.2 Å². The molecule has 2 bridgehead atoms. The predicted molar refractivity (Wildman–Crippen MR) is 92.0 cm³/mol. The van der Waals surface area contributed by atoms with E-state index >= 15 is 0 Å². The lowest BCUT2D eigenvalue weighted by atomic mass is 9.94. The smallest absolute Gasteiger partial charge is 0.310 e. The summed E-state index contributed by atoms with van der Waals surface area (Å²) < 4.78 is 5.80. The first-order chi connectivity index (χ1) is 11.6. The van der Waals surface area contributed by atoms with Crippen LogP contribution in [0.5, 0.6) is 5.75 Å². The van der Waals surface area contributed by atoms with Crippen LogP contribution in [0.25, 0.3) is 0 Å². The van der Waals surface area contributed by atoms with E-state index in [1.54, 1.807) is 0 Å². The number of nitrogens with zero attached hydrogens (tertiary/aromatic N) is 1. The molecule has 0 radical (unpaired) electrons. The van der Waals surface area contributed by atoms with Crippen LogP contribution < -0.4 is 0 Å². The number of hydrogen-bond donors (Lipinski definition) is 1. The van der Waals surface area contributed by atoms with Gasteiger partial charge in [0.05, 0.1) is 6.42 Å². The zero-order chi connectivity index (χ0) is 16.7. The van der Waals surface area contributed by atoms with Gasteiger partial charge in [-0.2, -0.15) is 0 Å². The molecular weight excluding hydrogens is 302 g/mol. The molecule has 1 heterocycles. The number of phenols is 1. The highest BCUT2D eigenvalue weighted by Crippen LogP contribution is 2.41. The van der Waals surface area contributed by atoms with Crippen molar-refractivity contribution < 1.29 is 14.6 Å². The van der Waals surface area contributed by atoms with Gasteiger partial charge in [-0.3, -0.25) is 9.69 Å². The van der Waals surface area contributed by atoms with E-state index in [9.17, 15) is 9.90 Å². The number of fused-ring (bicyclic) bond motifs is 2. The number of likely N-dealkylation sites (N-methyl/N-ethyl adjacent to an activating group) is 1. The Morgan fingerprint density at radius 1 is 1.25 bits per heavy atom. The van der Waals surface area contributed by atoms with Crippen molar-refractivity contribution in [1.29, 1.82) is 0 Å². The maximum atomic E-state index is 12.4. The van der Waals surface area contributed by atoms with Crippen molar-refractivity contribution in [3.05, 3.63) is 29.3 Å². The van der Waals surface area contributed by atoms with E-state index in [1.807, 2.05) is 18.2 Å². The van der Waals surface area contributed by atoms with E-state index in [0.717, 1.165) is 37.8 Å². The largest absolute Gasteiger partial charge is 0.507 e. The lowest BCUT2D eigenvalue weighted by molar-refractivity contribution is -0.149. The molecule has 1 saturated heterocycles. The average Bonchev–Trinajstić information content (AvgIpc) is 3.26. The number of esters is 1. The van der Waals surface area contributed by atoms with Crippen molar-refractivity contribution in [3.8, 4) is 5.75 Å². The van der Waals surface area contributed by atoms with Gasteiger partial charge in [-0.15, -0.1) is 0 Å². The predicted octanol–water partition coefficient (Wildman–Crippen LogP) is 3.23. The van der Waals surface area contributed by atoms with Gasteiger partial charge in [-0.05, 0) is 44.2 Å². The number of hydrogen-bond acceptors (Lipinski definition) is 4.